The quantitative estimate of drug-likeness (QED) is 0.542. The number of hydrogen-bond donors (Lipinski definition) is 0. The van der Waals surface area contributed by atoms with Crippen molar-refractivity contribution in [1.82, 2.24) is 4.98 Å². The summed E-state index contributed by atoms with van der Waals surface area (Å²) >= 11 is 8.17. The number of esters is 1. The number of ether oxygens (including phenoxy) is 1. The minimum atomic E-state index is -0.273. The number of methoxy groups -OCH3 is 1. The number of rotatable bonds is 3. The van der Waals surface area contributed by atoms with Gasteiger partial charge in [-0.25, -0.2) is 9.78 Å². The first-order chi connectivity index (χ1) is 12.2. The van der Waals surface area contributed by atoms with Gasteiger partial charge in [-0.3, -0.25) is 0 Å². The minimum Gasteiger partial charge on any atom is -0.465 e. The Labute approximate surface area is 166 Å². The summed E-state index contributed by atoms with van der Waals surface area (Å²) in [5.74, 6) is -0.273. The van der Waals surface area contributed by atoms with Gasteiger partial charge in [-0.1, -0.05) is 59.2 Å². The van der Waals surface area contributed by atoms with Crippen molar-refractivity contribution in [1.29, 1.82) is 0 Å². The zero-order valence-corrected chi connectivity index (χ0v) is 17.0. The van der Waals surface area contributed by atoms with E-state index < -0.39 is 0 Å². The number of aromatic nitrogens is 1. The zero-order valence-electron chi connectivity index (χ0n) is 12.9. The molecule has 126 valence electrons. The van der Waals surface area contributed by atoms with Crippen LogP contribution in [-0.2, 0) is 9.53 Å². The largest absolute Gasteiger partial charge is 0.465 e. The highest BCUT2D eigenvalue weighted by atomic mass is 32.2. The molecule has 0 bridgehead atoms. The topological polar surface area (TPSA) is 39.2 Å². The highest BCUT2D eigenvalue weighted by Gasteiger charge is 2.24. The molecule has 0 spiro atoms. The van der Waals surface area contributed by atoms with Crippen LogP contribution in [0.3, 0.4) is 0 Å². The van der Waals surface area contributed by atoms with Gasteiger partial charge in [0.25, 0.3) is 0 Å². The fourth-order valence-corrected chi connectivity index (χ4v) is 7.62. The number of allylic oxidation sites excluding steroid dienone is 1. The maximum absolute atomic E-state index is 11.6. The van der Waals surface area contributed by atoms with Crippen LogP contribution in [0.5, 0.6) is 0 Å². The van der Waals surface area contributed by atoms with Gasteiger partial charge in [0.15, 0.2) is 0 Å². The fraction of sp³-hybridized carbons (Fsp3) is 0.0588. The molecule has 3 heterocycles. The average Bonchev–Trinajstić information content (AvgIpc) is 3.37. The lowest BCUT2D eigenvalue weighted by molar-refractivity contribution is -0.135. The van der Waals surface area contributed by atoms with E-state index in [0.717, 1.165) is 14.8 Å². The molecule has 2 aromatic rings. The van der Waals surface area contributed by atoms with Crippen molar-refractivity contribution < 1.29 is 9.53 Å². The first-order valence-electron chi connectivity index (χ1n) is 7.18. The van der Waals surface area contributed by atoms with Crippen molar-refractivity contribution in [3.63, 3.8) is 0 Å². The Kier molecular flexibility index (Phi) is 5.33. The highest BCUT2D eigenvalue weighted by molar-refractivity contribution is 8.34. The lowest BCUT2D eigenvalue weighted by atomic mass is 10.3. The summed E-state index contributed by atoms with van der Waals surface area (Å²) in [6, 6.07) is 8.16. The summed E-state index contributed by atoms with van der Waals surface area (Å²) in [5.41, 5.74) is 1.04. The third-order valence-corrected chi connectivity index (χ3v) is 9.45. The van der Waals surface area contributed by atoms with Gasteiger partial charge in [0.1, 0.15) is 9.91 Å². The van der Waals surface area contributed by atoms with Crippen LogP contribution in [0.1, 0.15) is 5.01 Å². The number of thioether (sulfide) groups is 4. The second kappa shape index (κ2) is 7.67. The molecule has 25 heavy (non-hydrogen) atoms. The SMILES string of the molecule is COC(=O)C1=CS/C(=C2\SC=C(/C=C/c3nc4ccccc4s3)S2)S1. The number of carbonyl (C=O) groups excluding carboxylic acids is 1. The smallest absolute Gasteiger partial charge is 0.345 e. The maximum atomic E-state index is 11.6. The summed E-state index contributed by atoms with van der Waals surface area (Å²) in [6.45, 7) is 0. The number of benzene rings is 1. The molecule has 0 saturated carbocycles. The van der Waals surface area contributed by atoms with E-state index in [9.17, 15) is 4.79 Å². The predicted molar refractivity (Wildman–Crippen MR) is 114 cm³/mol. The Morgan fingerprint density at radius 1 is 1.08 bits per heavy atom. The molecule has 0 saturated heterocycles. The van der Waals surface area contributed by atoms with Gasteiger partial charge in [0.05, 0.1) is 25.8 Å². The van der Waals surface area contributed by atoms with Crippen molar-refractivity contribution >= 4 is 80.6 Å². The van der Waals surface area contributed by atoms with E-state index in [2.05, 4.69) is 28.6 Å². The number of para-hydroxylation sites is 1. The van der Waals surface area contributed by atoms with E-state index >= 15 is 0 Å². The lowest BCUT2D eigenvalue weighted by Crippen LogP contribution is -1.99. The van der Waals surface area contributed by atoms with Crippen LogP contribution in [0.4, 0.5) is 0 Å². The first kappa shape index (κ1) is 17.4. The summed E-state index contributed by atoms with van der Waals surface area (Å²) in [5, 5.41) is 5.00. The first-order valence-corrected chi connectivity index (χ1v) is 11.4. The van der Waals surface area contributed by atoms with Crippen molar-refractivity contribution in [3.05, 3.63) is 64.4 Å². The van der Waals surface area contributed by atoms with Gasteiger partial charge in [0.2, 0.25) is 0 Å². The van der Waals surface area contributed by atoms with Crippen molar-refractivity contribution in [2.45, 2.75) is 0 Å². The van der Waals surface area contributed by atoms with Crippen LogP contribution in [0.25, 0.3) is 16.3 Å². The monoisotopic (exact) mass is 421 g/mol. The van der Waals surface area contributed by atoms with Crippen LogP contribution >= 0.6 is 58.4 Å². The Hall–Kier alpha value is -1.06. The van der Waals surface area contributed by atoms with E-state index in [-0.39, 0.29) is 5.97 Å². The van der Waals surface area contributed by atoms with Crippen molar-refractivity contribution in [2.75, 3.05) is 7.11 Å². The molecule has 2 aliphatic heterocycles. The molecule has 0 unspecified atom stereocenters. The van der Waals surface area contributed by atoms with Crippen LogP contribution in [0.15, 0.2) is 59.4 Å². The Morgan fingerprint density at radius 2 is 1.88 bits per heavy atom. The Bertz CT molecular complexity index is 937. The molecular weight excluding hydrogens is 411 g/mol. The molecule has 1 aromatic carbocycles. The lowest BCUT2D eigenvalue weighted by Gasteiger charge is -2.01. The molecule has 1 aromatic heterocycles. The fourth-order valence-electron chi connectivity index (χ4n) is 2.08. The standard InChI is InChI=1S/C17H11NO2S5/c1-20-15(19)13-9-22-17(25-13)16-21-8-10(23-16)6-7-14-18-11-4-2-3-5-12(11)24-14/h2-9H,1H3/b7-6+,17-16-. The van der Waals surface area contributed by atoms with E-state index in [0.29, 0.717) is 4.91 Å². The molecule has 4 rings (SSSR count). The Morgan fingerprint density at radius 3 is 2.72 bits per heavy atom. The number of thiazole rings is 1. The molecule has 0 radical (unpaired) electrons. The molecular formula is C17H11NO2S5. The van der Waals surface area contributed by atoms with Gasteiger partial charge >= 0.3 is 5.97 Å². The summed E-state index contributed by atoms with van der Waals surface area (Å²) < 4.78 is 8.31. The third kappa shape index (κ3) is 3.88. The van der Waals surface area contributed by atoms with Gasteiger partial charge in [-0.15, -0.1) is 11.3 Å². The van der Waals surface area contributed by atoms with Crippen LogP contribution < -0.4 is 0 Å². The molecule has 0 N–H and O–H groups in total. The number of carbonyl (C=O) groups is 1. The second-order valence-corrected chi connectivity index (χ2v) is 10.3. The highest BCUT2D eigenvalue weighted by Crippen LogP contribution is 2.55. The van der Waals surface area contributed by atoms with E-state index in [1.807, 2.05) is 23.6 Å². The normalized spacial score (nSPS) is 20.4. The second-order valence-electron chi connectivity index (χ2n) is 4.86. The van der Waals surface area contributed by atoms with E-state index in [4.69, 9.17) is 4.74 Å². The minimum absolute atomic E-state index is 0.273. The van der Waals surface area contributed by atoms with Crippen LogP contribution in [0, 0.1) is 0 Å². The summed E-state index contributed by atoms with van der Waals surface area (Å²) in [7, 11) is 1.41. The van der Waals surface area contributed by atoms with Crippen molar-refractivity contribution in [3.8, 4) is 0 Å². The molecule has 0 aliphatic carbocycles. The average molecular weight is 422 g/mol. The van der Waals surface area contributed by atoms with Crippen LogP contribution in [0.2, 0.25) is 0 Å². The molecule has 2 aliphatic rings. The Balaban J connectivity index is 1.42. The summed E-state index contributed by atoms with van der Waals surface area (Å²) in [6.07, 6.45) is 4.16. The van der Waals surface area contributed by atoms with Gasteiger partial charge in [-0.05, 0) is 35.1 Å². The number of fused-ring (bicyclic) bond motifs is 1. The van der Waals surface area contributed by atoms with Crippen LogP contribution in [-0.4, -0.2) is 18.1 Å². The van der Waals surface area contributed by atoms with E-state index in [1.165, 1.54) is 32.7 Å². The van der Waals surface area contributed by atoms with Gasteiger partial charge in [-0.2, -0.15) is 0 Å². The van der Waals surface area contributed by atoms with E-state index in [1.54, 1.807) is 46.6 Å². The molecule has 3 nitrogen and oxygen atoms in total. The van der Waals surface area contributed by atoms with Gasteiger partial charge in [0, 0.05) is 4.91 Å². The zero-order chi connectivity index (χ0) is 17.2. The van der Waals surface area contributed by atoms with Crippen molar-refractivity contribution in [2.24, 2.45) is 0 Å². The molecule has 0 fully saturated rings. The number of hydrogen-bond acceptors (Lipinski definition) is 8. The molecule has 0 atom stereocenters. The number of nitrogens with zero attached hydrogens (tertiary/aromatic N) is 1. The maximum Gasteiger partial charge on any atom is 0.345 e. The predicted octanol–water partition coefficient (Wildman–Crippen LogP) is 6.25. The molecule has 8 heteroatoms. The molecule has 0 amide bonds. The van der Waals surface area contributed by atoms with Gasteiger partial charge < -0.3 is 4.74 Å². The summed E-state index contributed by atoms with van der Waals surface area (Å²) in [4.78, 5) is 18.0. The third-order valence-electron chi connectivity index (χ3n) is 3.22.